The number of fused-ring (bicyclic) bond motifs is 1. The number of rotatable bonds is 3. The zero-order valence-electron chi connectivity index (χ0n) is 11.0. The van der Waals surface area contributed by atoms with Crippen LogP contribution in [-0.4, -0.2) is 21.8 Å². The van der Waals surface area contributed by atoms with E-state index in [0.717, 1.165) is 16.5 Å². The average molecular weight is 252 g/mol. The molecule has 0 amide bonds. The van der Waals surface area contributed by atoms with Crippen molar-refractivity contribution in [3.05, 3.63) is 60.0 Å². The number of aryl methyl sites for hydroxylation is 1. The number of pyridine rings is 1. The average Bonchev–Trinajstić information content (AvgIpc) is 2.86. The van der Waals surface area contributed by atoms with Crippen LogP contribution in [0.5, 0.6) is 0 Å². The molecule has 1 N–H and O–H groups in total. The van der Waals surface area contributed by atoms with Gasteiger partial charge < -0.3 is 5.32 Å². The first-order valence-corrected chi connectivity index (χ1v) is 6.28. The summed E-state index contributed by atoms with van der Waals surface area (Å²) in [6, 6.07) is 10.6. The Balaban J connectivity index is 2.06. The molecule has 0 spiro atoms. The summed E-state index contributed by atoms with van der Waals surface area (Å²) in [5.41, 5.74) is 3.40. The third kappa shape index (κ3) is 2.22. The topological polar surface area (TPSA) is 42.7 Å². The first kappa shape index (κ1) is 11.9. The van der Waals surface area contributed by atoms with Gasteiger partial charge in [-0.05, 0) is 30.8 Å². The molecule has 4 nitrogen and oxygen atoms in total. The van der Waals surface area contributed by atoms with Gasteiger partial charge in [0.25, 0.3) is 0 Å². The standard InChI is InChI=1S/C15H16N4/c1-16-15(13-9-18-19(2)10-13)12-5-6-14-11(8-12)4-3-7-17-14/h3-10,15-16H,1-2H3. The molecule has 0 aliphatic heterocycles. The van der Waals surface area contributed by atoms with Gasteiger partial charge in [0.2, 0.25) is 0 Å². The smallest absolute Gasteiger partial charge is 0.0702 e. The molecular weight excluding hydrogens is 236 g/mol. The van der Waals surface area contributed by atoms with E-state index in [4.69, 9.17) is 0 Å². The molecule has 0 aliphatic rings. The minimum absolute atomic E-state index is 0.151. The highest BCUT2D eigenvalue weighted by Crippen LogP contribution is 2.24. The molecule has 4 heteroatoms. The molecule has 0 saturated carbocycles. The number of aromatic nitrogens is 3. The zero-order valence-corrected chi connectivity index (χ0v) is 11.0. The summed E-state index contributed by atoms with van der Waals surface area (Å²) < 4.78 is 1.82. The van der Waals surface area contributed by atoms with Crippen molar-refractivity contribution >= 4 is 10.9 Å². The second-order valence-electron chi connectivity index (χ2n) is 4.62. The maximum atomic E-state index is 4.35. The Kier molecular flexibility index (Phi) is 3.01. The highest BCUT2D eigenvalue weighted by atomic mass is 15.2. The van der Waals surface area contributed by atoms with Crippen LogP contribution in [-0.2, 0) is 7.05 Å². The van der Waals surface area contributed by atoms with Crippen LogP contribution >= 0.6 is 0 Å². The van der Waals surface area contributed by atoms with E-state index >= 15 is 0 Å². The van der Waals surface area contributed by atoms with Crippen LogP contribution in [0.25, 0.3) is 10.9 Å². The fraction of sp³-hybridized carbons (Fsp3) is 0.200. The molecule has 1 atom stereocenters. The maximum absolute atomic E-state index is 4.35. The third-order valence-electron chi connectivity index (χ3n) is 3.31. The summed E-state index contributed by atoms with van der Waals surface area (Å²) in [7, 11) is 3.89. The van der Waals surface area contributed by atoms with Crippen molar-refractivity contribution in [2.75, 3.05) is 7.05 Å². The van der Waals surface area contributed by atoms with Crippen LogP contribution in [0.4, 0.5) is 0 Å². The van der Waals surface area contributed by atoms with Crippen LogP contribution in [0.2, 0.25) is 0 Å². The van der Waals surface area contributed by atoms with Gasteiger partial charge in [-0.15, -0.1) is 0 Å². The van der Waals surface area contributed by atoms with E-state index in [1.54, 1.807) is 0 Å². The van der Waals surface area contributed by atoms with Gasteiger partial charge in [0, 0.05) is 30.4 Å². The lowest BCUT2D eigenvalue weighted by Crippen LogP contribution is -2.17. The first-order chi connectivity index (χ1) is 9.28. The number of nitrogens with zero attached hydrogens (tertiary/aromatic N) is 3. The lowest BCUT2D eigenvalue weighted by Gasteiger charge is -2.15. The van der Waals surface area contributed by atoms with Gasteiger partial charge in [-0.25, -0.2) is 0 Å². The van der Waals surface area contributed by atoms with Gasteiger partial charge in [-0.2, -0.15) is 5.10 Å². The largest absolute Gasteiger partial charge is 0.309 e. The Labute approximate surface area is 112 Å². The molecule has 96 valence electrons. The molecule has 0 aliphatic carbocycles. The summed E-state index contributed by atoms with van der Waals surface area (Å²) in [6.45, 7) is 0. The predicted octanol–water partition coefficient (Wildman–Crippen LogP) is 2.28. The Hall–Kier alpha value is -2.20. The molecule has 0 saturated heterocycles. The van der Waals surface area contributed by atoms with E-state index in [1.165, 1.54) is 5.56 Å². The Morgan fingerprint density at radius 3 is 2.84 bits per heavy atom. The molecule has 2 aromatic heterocycles. The van der Waals surface area contributed by atoms with E-state index in [0.29, 0.717) is 0 Å². The molecule has 1 unspecified atom stereocenters. The van der Waals surface area contributed by atoms with Crippen molar-refractivity contribution in [1.82, 2.24) is 20.1 Å². The van der Waals surface area contributed by atoms with E-state index in [-0.39, 0.29) is 6.04 Å². The molecule has 0 fully saturated rings. The maximum Gasteiger partial charge on any atom is 0.0702 e. The van der Waals surface area contributed by atoms with Crippen molar-refractivity contribution in [2.24, 2.45) is 7.05 Å². The van der Waals surface area contributed by atoms with Gasteiger partial charge in [0.15, 0.2) is 0 Å². The number of benzene rings is 1. The lowest BCUT2D eigenvalue weighted by atomic mass is 10.00. The second kappa shape index (κ2) is 4.82. The molecule has 19 heavy (non-hydrogen) atoms. The minimum atomic E-state index is 0.151. The van der Waals surface area contributed by atoms with Crippen LogP contribution in [0.1, 0.15) is 17.2 Å². The lowest BCUT2D eigenvalue weighted by molar-refractivity contribution is 0.690. The van der Waals surface area contributed by atoms with Crippen molar-refractivity contribution in [3.63, 3.8) is 0 Å². The molecule has 0 bridgehead atoms. The highest BCUT2D eigenvalue weighted by molar-refractivity contribution is 5.79. The minimum Gasteiger partial charge on any atom is -0.309 e. The van der Waals surface area contributed by atoms with Crippen molar-refractivity contribution in [3.8, 4) is 0 Å². The van der Waals surface area contributed by atoms with Crippen LogP contribution < -0.4 is 5.32 Å². The number of nitrogens with one attached hydrogen (secondary N) is 1. The quantitative estimate of drug-likeness (QED) is 0.777. The van der Waals surface area contributed by atoms with Gasteiger partial charge in [0.05, 0.1) is 17.8 Å². The highest BCUT2D eigenvalue weighted by Gasteiger charge is 2.13. The molecule has 3 rings (SSSR count). The summed E-state index contributed by atoms with van der Waals surface area (Å²) in [6.07, 6.45) is 5.75. The van der Waals surface area contributed by atoms with E-state index < -0.39 is 0 Å². The fourth-order valence-corrected chi connectivity index (χ4v) is 2.39. The second-order valence-corrected chi connectivity index (χ2v) is 4.62. The fourth-order valence-electron chi connectivity index (χ4n) is 2.39. The van der Waals surface area contributed by atoms with Gasteiger partial charge >= 0.3 is 0 Å². The number of hydrogen-bond donors (Lipinski definition) is 1. The Morgan fingerprint density at radius 1 is 1.21 bits per heavy atom. The number of hydrogen-bond acceptors (Lipinski definition) is 3. The molecule has 3 aromatic rings. The molecule has 1 aromatic carbocycles. The van der Waals surface area contributed by atoms with Crippen molar-refractivity contribution in [2.45, 2.75) is 6.04 Å². The summed E-state index contributed by atoms with van der Waals surface area (Å²) >= 11 is 0. The summed E-state index contributed by atoms with van der Waals surface area (Å²) in [5.74, 6) is 0. The van der Waals surface area contributed by atoms with E-state index in [1.807, 2.05) is 43.4 Å². The van der Waals surface area contributed by atoms with Crippen molar-refractivity contribution < 1.29 is 0 Å². The first-order valence-electron chi connectivity index (χ1n) is 6.28. The van der Waals surface area contributed by atoms with Crippen LogP contribution in [0.15, 0.2) is 48.9 Å². The van der Waals surface area contributed by atoms with Crippen LogP contribution in [0, 0.1) is 0 Å². The van der Waals surface area contributed by atoms with Crippen LogP contribution in [0.3, 0.4) is 0 Å². The predicted molar refractivity (Wildman–Crippen MR) is 75.9 cm³/mol. The Bertz CT molecular complexity index is 702. The summed E-state index contributed by atoms with van der Waals surface area (Å²) in [5, 5.41) is 8.73. The normalized spacial score (nSPS) is 12.7. The third-order valence-corrected chi connectivity index (χ3v) is 3.31. The van der Waals surface area contributed by atoms with E-state index in [2.05, 4.69) is 39.7 Å². The monoisotopic (exact) mass is 252 g/mol. The van der Waals surface area contributed by atoms with E-state index in [9.17, 15) is 0 Å². The Morgan fingerprint density at radius 2 is 2.11 bits per heavy atom. The van der Waals surface area contributed by atoms with Crippen molar-refractivity contribution in [1.29, 1.82) is 0 Å². The van der Waals surface area contributed by atoms with Gasteiger partial charge in [-0.1, -0.05) is 12.1 Å². The SMILES string of the molecule is CNC(c1ccc2ncccc2c1)c1cnn(C)c1. The molecular formula is C15H16N4. The zero-order chi connectivity index (χ0) is 13.2. The van der Waals surface area contributed by atoms with Gasteiger partial charge in [0.1, 0.15) is 0 Å². The summed E-state index contributed by atoms with van der Waals surface area (Å²) in [4.78, 5) is 4.35. The molecule has 2 heterocycles. The molecule has 0 radical (unpaired) electrons. The van der Waals surface area contributed by atoms with Gasteiger partial charge in [-0.3, -0.25) is 9.67 Å².